The lowest BCUT2D eigenvalue weighted by Crippen LogP contribution is -2.35. The summed E-state index contributed by atoms with van der Waals surface area (Å²) in [5.74, 6) is -0.799. The molecule has 1 atom stereocenters. The van der Waals surface area contributed by atoms with Crippen molar-refractivity contribution in [2.24, 2.45) is 5.41 Å². The number of esters is 2. The fraction of sp³-hybridized carbons (Fsp3) is 0.529. The van der Waals surface area contributed by atoms with E-state index in [0.29, 0.717) is 13.0 Å². The summed E-state index contributed by atoms with van der Waals surface area (Å²) in [5.41, 5.74) is 3.05. The van der Waals surface area contributed by atoms with Gasteiger partial charge < -0.3 is 9.47 Å². The van der Waals surface area contributed by atoms with Gasteiger partial charge in [-0.2, -0.15) is 0 Å². The minimum atomic E-state index is -0.788. The molecule has 0 unspecified atom stereocenters. The zero-order valence-corrected chi connectivity index (χ0v) is 13.1. The van der Waals surface area contributed by atoms with Crippen LogP contribution in [0.2, 0.25) is 0 Å². The van der Waals surface area contributed by atoms with E-state index in [0.717, 1.165) is 5.56 Å². The highest BCUT2D eigenvalue weighted by atomic mass is 16.6. The molecule has 2 rings (SSSR count). The Morgan fingerprint density at radius 2 is 2.10 bits per heavy atom. The van der Waals surface area contributed by atoms with Crippen molar-refractivity contribution in [1.29, 1.82) is 0 Å². The van der Waals surface area contributed by atoms with Crippen LogP contribution in [0.5, 0.6) is 0 Å². The second-order valence-electron chi connectivity index (χ2n) is 6.40. The van der Waals surface area contributed by atoms with Crippen LogP contribution in [-0.2, 0) is 25.5 Å². The number of ether oxygens (including phenoxy) is 2. The molecule has 1 fully saturated rings. The van der Waals surface area contributed by atoms with E-state index >= 15 is 0 Å². The molecule has 0 saturated carbocycles. The first-order valence-corrected chi connectivity index (χ1v) is 7.22. The number of hydrogen-bond donors (Lipinski definition) is 0. The number of carbonyl (C=O) groups is 2. The molecule has 21 heavy (non-hydrogen) atoms. The largest absolute Gasteiger partial charge is 0.462 e. The molecule has 1 heterocycles. The van der Waals surface area contributed by atoms with E-state index < -0.39 is 17.5 Å². The van der Waals surface area contributed by atoms with Gasteiger partial charge in [0.05, 0.1) is 0 Å². The Morgan fingerprint density at radius 1 is 1.38 bits per heavy atom. The van der Waals surface area contributed by atoms with Crippen molar-refractivity contribution in [3.63, 3.8) is 0 Å². The van der Waals surface area contributed by atoms with Gasteiger partial charge in [-0.25, -0.2) is 4.79 Å². The van der Waals surface area contributed by atoms with Gasteiger partial charge in [0.2, 0.25) is 6.10 Å². The van der Waals surface area contributed by atoms with Gasteiger partial charge in [-0.05, 0) is 31.4 Å². The molecule has 0 amide bonds. The quantitative estimate of drug-likeness (QED) is 0.800. The van der Waals surface area contributed by atoms with Crippen molar-refractivity contribution in [3.05, 3.63) is 34.9 Å². The highest BCUT2D eigenvalue weighted by Crippen LogP contribution is 2.31. The van der Waals surface area contributed by atoms with E-state index in [1.165, 1.54) is 11.1 Å². The maximum absolute atomic E-state index is 12.0. The number of cyclic esters (lactones) is 1. The molecule has 1 saturated heterocycles. The lowest BCUT2D eigenvalue weighted by molar-refractivity contribution is -0.163. The smallest absolute Gasteiger partial charge is 0.348 e. The van der Waals surface area contributed by atoms with Crippen molar-refractivity contribution < 1.29 is 19.1 Å². The van der Waals surface area contributed by atoms with Crippen molar-refractivity contribution in [1.82, 2.24) is 0 Å². The van der Waals surface area contributed by atoms with Crippen LogP contribution in [0.3, 0.4) is 0 Å². The fourth-order valence-electron chi connectivity index (χ4n) is 2.49. The van der Waals surface area contributed by atoms with Crippen LogP contribution in [-0.4, -0.2) is 24.6 Å². The van der Waals surface area contributed by atoms with E-state index in [1.807, 2.05) is 39.8 Å². The molecule has 0 N–H and O–H groups in total. The van der Waals surface area contributed by atoms with Crippen LogP contribution in [0.25, 0.3) is 0 Å². The Hall–Kier alpha value is -1.84. The molecular formula is C17H22O4. The number of benzene rings is 1. The van der Waals surface area contributed by atoms with Crippen LogP contribution < -0.4 is 0 Å². The highest BCUT2D eigenvalue weighted by Gasteiger charge is 2.46. The Bertz CT molecular complexity index is 560. The predicted molar refractivity (Wildman–Crippen MR) is 78.9 cm³/mol. The van der Waals surface area contributed by atoms with E-state index in [-0.39, 0.29) is 12.4 Å². The molecule has 0 aliphatic carbocycles. The molecule has 1 aliphatic rings. The third-order valence-electron chi connectivity index (χ3n) is 3.86. The van der Waals surface area contributed by atoms with Gasteiger partial charge in [-0.3, -0.25) is 4.79 Å². The van der Waals surface area contributed by atoms with Gasteiger partial charge in [-0.1, -0.05) is 37.6 Å². The summed E-state index contributed by atoms with van der Waals surface area (Å²) >= 11 is 0. The number of aryl methyl sites for hydroxylation is 3. The minimum Gasteiger partial charge on any atom is -0.462 e. The van der Waals surface area contributed by atoms with Crippen LogP contribution >= 0.6 is 0 Å². The predicted octanol–water partition coefficient (Wildman–Crippen LogP) is 2.73. The fourth-order valence-corrected chi connectivity index (χ4v) is 2.49. The van der Waals surface area contributed by atoms with Crippen molar-refractivity contribution in [3.8, 4) is 0 Å². The van der Waals surface area contributed by atoms with Gasteiger partial charge in [0.15, 0.2) is 0 Å². The Balaban J connectivity index is 1.92. The molecule has 1 aliphatic heterocycles. The van der Waals surface area contributed by atoms with Crippen molar-refractivity contribution >= 4 is 11.9 Å². The van der Waals surface area contributed by atoms with Gasteiger partial charge >= 0.3 is 11.9 Å². The summed E-state index contributed by atoms with van der Waals surface area (Å²) < 4.78 is 10.3. The second-order valence-corrected chi connectivity index (χ2v) is 6.40. The van der Waals surface area contributed by atoms with Crippen molar-refractivity contribution in [2.75, 3.05) is 6.61 Å². The summed E-state index contributed by atoms with van der Waals surface area (Å²) in [6, 6.07) is 6.16. The number of carbonyl (C=O) groups excluding carboxylic acids is 2. The normalized spacial score (nSPS) is 20.2. The second kappa shape index (κ2) is 5.88. The van der Waals surface area contributed by atoms with Crippen LogP contribution in [0.1, 0.15) is 37.0 Å². The molecule has 0 spiro atoms. The SMILES string of the molecule is Cc1ccc(CCC(=O)O[C@H]2C(=O)OCC2(C)C)c(C)c1. The molecule has 4 nitrogen and oxygen atoms in total. The summed E-state index contributed by atoms with van der Waals surface area (Å²) in [5, 5.41) is 0. The molecule has 0 aromatic heterocycles. The van der Waals surface area contributed by atoms with Gasteiger partial charge in [0.1, 0.15) is 6.61 Å². The average molecular weight is 290 g/mol. The molecule has 1 aromatic carbocycles. The van der Waals surface area contributed by atoms with Crippen LogP contribution in [0.4, 0.5) is 0 Å². The number of rotatable bonds is 4. The highest BCUT2D eigenvalue weighted by molar-refractivity contribution is 5.81. The lowest BCUT2D eigenvalue weighted by atomic mass is 9.90. The molecule has 0 radical (unpaired) electrons. The average Bonchev–Trinajstić information content (AvgIpc) is 2.65. The zero-order valence-electron chi connectivity index (χ0n) is 13.1. The topological polar surface area (TPSA) is 52.6 Å². The molecule has 4 heteroatoms. The lowest BCUT2D eigenvalue weighted by Gasteiger charge is -2.21. The molecular weight excluding hydrogens is 268 g/mol. The summed E-state index contributed by atoms with van der Waals surface area (Å²) in [4.78, 5) is 23.5. The maximum Gasteiger partial charge on any atom is 0.348 e. The Kier molecular flexibility index (Phi) is 4.35. The maximum atomic E-state index is 12.0. The first kappa shape index (κ1) is 15.5. The summed E-state index contributed by atoms with van der Waals surface area (Å²) in [6.07, 6.45) is 0.0980. The first-order valence-electron chi connectivity index (χ1n) is 7.22. The molecule has 114 valence electrons. The monoisotopic (exact) mass is 290 g/mol. The number of hydrogen-bond acceptors (Lipinski definition) is 4. The minimum absolute atomic E-state index is 0.268. The standard InChI is InChI=1S/C17H22O4/c1-11-5-6-13(12(2)9-11)7-8-14(18)21-15-16(19)20-10-17(15,3)4/h5-6,9,15H,7-8,10H2,1-4H3/t15-/m0/s1. The van der Waals surface area contributed by atoms with Crippen LogP contribution in [0.15, 0.2) is 18.2 Å². The Labute approximate surface area is 125 Å². The van der Waals surface area contributed by atoms with E-state index in [9.17, 15) is 9.59 Å². The zero-order chi connectivity index (χ0) is 15.6. The van der Waals surface area contributed by atoms with Crippen molar-refractivity contribution in [2.45, 2.75) is 46.6 Å². The first-order chi connectivity index (χ1) is 9.79. The van der Waals surface area contributed by atoms with Gasteiger partial charge in [0, 0.05) is 11.8 Å². The van der Waals surface area contributed by atoms with E-state index in [4.69, 9.17) is 9.47 Å². The summed E-state index contributed by atoms with van der Waals surface area (Å²) in [6.45, 7) is 8.09. The van der Waals surface area contributed by atoms with Gasteiger partial charge in [-0.15, -0.1) is 0 Å². The van der Waals surface area contributed by atoms with Crippen LogP contribution in [0, 0.1) is 19.3 Å². The Morgan fingerprint density at radius 3 is 2.67 bits per heavy atom. The van der Waals surface area contributed by atoms with E-state index in [2.05, 4.69) is 6.07 Å². The third kappa shape index (κ3) is 3.63. The molecule has 0 bridgehead atoms. The molecule has 1 aromatic rings. The van der Waals surface area contributed by atoms with Gasteiger partial charge in [0.25, 0.3) is 0 Å². The third-order valence-corrected chi connectivity index (χ3v) is 3.86. The summed E-state index contributed by atoms with van der Waals surface area (Å²) in [7, 11) is 0. The van der Waals surface area contributed by atoms with E-state index in [1.54, 1.807) is 0 Å².